The van der Waals surface area contributed by atoms with E-state index >= 15 is 0 Å². The minimum absolute atomic E-state index is 0.0285. The van der Waals surface area contributed by atoms with Gasteiger partial charge in [-0.15, -0.1) is 0 Å². The Morgan fingerprint density at radius 1 is 1.03 bits per heavy atom. The van der Waals surface area contributed by atoms with Crippen molar-refractivity contribution in [3.8, 4) is 5.75 Å². The lowest BCUT2D eigenvalue weighted by Gasteiger charge is -2.14. The van der Waals surface area contributed by atoms with Gasteiger partial charge in [0.1, 0.15) is 5.75 Å². The standard InChI is InChI=1S/C24H37N3O6S/c25-34(31,32)24-10-7-9-21(27-24)8-3-6-15-33-14-5-2-1-4-13-26-17-23(30)19-11-12-22(29)20(16-19)18-28/h7,9-12,16,23,26,28-30H,1-6,8,13-15,17-18H2,(H2,25,31,32). The zero-order valence-corrected chi connectivity index (χ0v) is 20.3. The molecular formula is C24H37N3O6S. The summed E-state index contributed by atoms with van der Waals surface area (Å²) in [5, 5.41) is 37.3. The van der Waals surface area contributed by atoms with E-state index in [-0.39, 0.29) is 17.4 Å². The van der Waals surface area contributed by atoms with E-state index in [1.54, 1.807) is 24.3 Å². The van der Waals surface area contributed by atoms with Crippen LogP contribution < -0.4 is 10.5 Å². The lowest BCUT2D eigenvalue weighted by atomic mass is 10.1. The summed E-state index contributed by atoms with van der Waals surface area (Å²) in [6, 6.07) is 9.60. The molecule has 1 heterocycles. The van der Waals surface area contributed by atoms with E-state index < -0.39 is 16.1 Å². The molecule has 0 fully saturated rings. The van der Waals surface area contributed by atoms with Gasteiger partial charge in [-0.05, 0) is 68.5 Å². The topological polar surface area (TPSA) is 155 Å². The summed E-state index contributed by atoms with van der Waals surface area (Å²) in [5.74, 6) is 0.0285. The Hall–Kier alpha value is -2.08. The molecule has 10 heteroatoms. The average molecular weight is 496 g/mol. The number of primary sulfonamides is 1. The van der Waals surface area contributed by atoms with Gasteiger partial charge < -0.3 is 25.4 Å². The van der Waals surface area contributed by atoms with Crippen LogP contribution in [0.15, 0.2) is 41.4 Å². The summed E-state index contributed by atoms with van der Waals surface area (Å²) >= 11 is 0. The van der Waals surface area contributed by atoms with Crippen LogP contribution in [0.3, 0.4) is 0 Å². The molecule has 0 saturated heterocycles. The van der Waals surface area contributed by atoms with Gasteiger partial charge in [-0.3, -0.25) is 0 Å². The number of rotatable bonds is 17. The molecule has 2 aromatic rings. The van der Waals surface area contributed by atoms with E-state index in [1.807, 2.05) is 0 Å². The molecule has 2 rings (SSSR count). The first-order valence-electron chi connectivity index (χ1n) is 11.7. The Bertz CT molecular complexity index is 971. The number of aliphatic hydroxyl groups excluding tert-OH is 2. The molecule has 190 valence electrons. The molecule has 0 saturated carbocycles. The fourth-order valence-electron chi connectivity index (χ4n) is 3.47. The number of aryl methyl sites for hydroxylation is 1. The zero-order valence-electron chi connectivity index (χ0n) is 19.5. The van der Waals surface area contributed by atoms with E-state index in [2.05, 4.69) is 10.3 Å². The van der Waals surface area contributed by atoms with Gasteiger partial charge >= 0.3 is 0 Å². The monoisotopic (exact) mass is 495 g/mol. The summed E-state index contributed by atoms with van der Waals surface area (Å²) in [6.07, 6.45) is 5.90. The molecular weight excluding hydrogens is 458 g/mol. The number of phenols is 1. The number of nitrogens with one attached hydrogen (secondary N) is 1. The van der Waals surface area contributed by atoms with E-state index in [0.29, 0.717) is 36.4 Å². The van der Waals surface area contributed by atoms with Crippen molar-refractivity contribution in [1.29, 1.82) is 0 Å². The molecule has 0 radical (unpaired) electrons. The Balaban J connectivity index is 1.43. The molecule has 0 amide bonds. The van der Waals surface area contributed by atoms with Crippen LogP contribution in [0, 0.1) is 0 Å². The third-order valence-electron chi connectivity index (χ3n) is 5.43. The number of sulfonamides is 1. The van der Waals surface area contributed by atoms with Crippen molar-refractivity contribution in [2.24, 2.45) is 5.14 Å². The molecule has 0 bridgehead atoms. The van der Waals surface area contributed by atoms with Gasteiger partial charge in [-0.25, -0.2) is 18.5 Å². The highest BCUT2D eigenvalue weighted by atomic mass is 32.2. The van der Waals surface area contributed by atoms with Gasteiger partial charge in [0.15, 0.2) is 5.03 Å². The lowest BCUT2D eigenvalue weighted by Crippen LogP contribution is -2.22. The molecule has 34 heavy (non-hydrogen) atoms. The average Bonchev–Trinajstić information content (AvgIpc) is 2.81. The highest BCUT2D eigenvalue weighted by molar-refractivity contribution is 7.89. The predicted molar refractivity (Wildman–Crippen MR) is 130 cm³/mol. The van der Waals surface area contributed by atoms with E-state index in [0.717, 1.165) is 51.7 Å². The smallest absolute Gasteiger partial charge is 0.255 e. The lowest BCUT2D eigenvalue weighted by molar-refractivity contribution is 0.126. The minimum Gasteiger partial charge on any atom is -0.508 e. The molecule has 9 nitrogen and oxygen atoms in total. The van der Waals surface area contributed by atoms with Crippen LogP contribution in [-0.2, 0) is 27.8 Å². The van der Waals surface area contributed by atoms with Crippen LogP contribution >= 0.6 is 0 Å². The molecule has 1 unspecified atom stereocenters. The maximum atomic E-state index is 11.3. The number of nitrogens with two attached hydrogens (primary N) is 1. The van der Waals surface area contributed by atoms with Crippen LogP contribution in [0.4, 0.5) is 0 Å². The third-order valence-corrected chi connectivity index (χ3v) is 6.24. The van der Waals surface area contributed by atoms with Crippen molar-refractivity contribution in [1.82, 2.24) is 10.3 Å². The number of nitrogens with zero attached hydrogens (tertiary/aromatic N) is 1. The second-order valence-corrected chi connectivity index (χ2v) is 9.77. The zero-order chi connectivity index (χ0) is 24.8. The van der Waals surface area contributed by atoms with Crippen LogP contribution in [0.5, 0.6) is 5.75 Å². The fraction of sp³-hybridized carbons (Fsp3) is 0.542. The third kappa shape index (κ3) is 10.5. The number of aliphatic hydroxyl groups is 2. The largest absolute Gasteiger partial charge is 0.508 e. The van der Waals surface area contributed by atoms with Crippen LogP contribution in [0.1, 0.15) is 61.4 Å². The van der Waals surface area contributed by atoms with Gasteiger partial charge in [0.2, 0.25) is 0 Å². The predicted octanol–water partition coefficient (Wildman–Crippen LogP) is 2.15. The van der Waals surface area contributed by atoms with E-state index in [9.17, 15) is 23.7 Å². The Morgan fingerprint density at radius 2 is 1.76 bits per heavy atom. The maximum absolute atomic E-state index is 11.3. The Morgan fingerprint density at radius 3 is 2.50 bits per heavy atom. The molecule has 0 spiro atoms. The quantitative estimate of drug-likeness (QED) is 0.209. The van der Waals surface area contributed by atoms with Crippen molar-refractivity contribution in [2.45, 2.75) is 62.7 Å². The highest BCUT2D eigenvalue weighted by Gasteiger charge is 2.10. The van der Waals surface area contributed by atoms with Crippen molar-refractivity contribution in [3.05, 3.63) is 53.2 Å². The van der Waals surface area contributed by atoms with Crippen molar-refractivity contribution < 1.29 is 28.5 Å². The fourth-order valence-corrected chi connectivity index (χ4v) is 3.98. The molecule has 1 atom stereocenters. The summed E-state index contributed by atoms with van der Waals surface area (Å²) in [7, 11) is -3.77. The van der Waals surface area contributed by atoms with Crippen molar-refractivity contribution in [2.75, 3.05) is 26.3 Å². The number of unbranched alkanes of at least 4 members (excludes halogenated alkanes) is 4. The molecule has 0 aliphatic carbocycles. The van der Waals surface area contributed by atoms with Gasteiger partial charge in [-0.1, -0.05) is 25.0 Å². The first-order chi connectivity index (χ1) is 16.3. The highest BCUT2D eigenvalue weighted by Crippen LogP contribution is 2.22. The molecule has 1 aromatic carbocycles. The summed E-state index contributed by atoms with van der Waals surface area (Å²) in [6.45, 7) is 2.35. The second-order valence-electron chi connectivity index (χ2n) is 8.26. The van der Waals surface area contributed by atoms with Crippen LogP contribution in [-0.4, -0.2) is 55.0 Å². The second kappa shape index (κ2) is 15.0. The number of aromatic hydroxyl groups is 1. The number of pyridine rings is 1. The molecule has 0 aliphatic rings. The Labute approximate surface area is 202 Å². The number of benzene rings is 1. The first-order valence-corrected chi connectivity index (χ1v) is 13.2. The summed E-state index contributed by atoms with van der Waals surface area (Å²) in [5.41, 5.74) is 1.79. The number of ether oxygens (including phenoxy) is 1. The van der Waals surface area contributed by atoms with E-state index in [1.165, 1.54) is 12.1 Å². The summed E-state index contributed by atoms with van der Waals surface area (Å²) in [4.78, 5) is 4.08. The molecule has 6 N–H and O–H groups in total. The number of hydrogen-bond donors (Lipinski definition) is 5. The normalized spacial score (nSPS) is 12.7. The maximum Gasteiger partial charge on any atom is 0.255 e. The van der Waals surface area contributed by atoms with Crippen molar-refractivity contribution in [3.63, 3.8) is 0 Å². The van der Waals surface area contributed by atoms with Crippen LogP contribution in [0.25, 0.3) is 0 Å². The minimum atomic E-state index is -3.77. The SMILES string of the molecule is NS(=O)(=O)c1cccc(CCCCOCCCCCCNCC(O)c2ccc(O)c(CO)c2)n1. The number of hydrogen-bond acceptors (Lipinski definition) is 8. The van der Waals surface area contributed by atoms with Gasteiger partial charge in [-0.2, -0.15) is 0 Å². The first kappa shape index (κ1) is 28.2. The Kier molecular flexibility index (Phi) is 12.4. The van der Waals surface area contributed by atoms with Crippen molar-refractivity contribution >= 4 is 10.0 Å². The number of aromatic nitrogens is 1. The van der Waals surface area contributed by atoms with Gasteiger partial charge in [0, 0.05) is 31.0 Å². The summed E-state index contributed by atoms with van der Waals surface area (Å²) < 4.78 is 28.3. The van der Waals surface area contributed by atoms with Gasteiger partial charge in [0.05, 0.1) is 12.7 Å². The van der Waals surface area contributed by atoms with Gasteiger partial charge in [0.25, 0.3) is 10.0 Å². The molecule has 1 aromatic heterocycles. The van der Waals surface area contributed by atoms with E-state index in [4.69, 9.17) is 9.88 Å². The molecule has 0 aliphatic heterocycles. The van der Waals surface area contributed by atoms with Crippen LogP contribution in [0.2, 0.25) is 0 Å².